The number of rotatable bonds is 5. The first-order valence-corrected chi connectivity index (χ1v) is 8.34. The van der Waals surface area contributed by atoms with E-state index in [2.05, 4.69) is 0 Å². The molecular weight excluding hydrogens is 302 g/mol. The first-order valence-electron chi connectivity index (χ1n) is 8.34. The third-order valence-corrected chi connectivity index (χ3v) is 4.37. The average molecular weight is 325 g/mol. The molecule has 0 aliphatic carbocycles. The molecule has 2 atom stereocenters. The van der Waals surface area contributed by atoms with Crippen LogP contribution in [0.3, 0.4) is 0 Å². The summed E-state index contributed by atoms with van der Waals surface area (Å²) in [7, 11) is 0. The minimum absolute atomic E-state index is 0.229. The molecule has 0 unspecified atom stereocenters. The van der Waals surface area contributed by atoms with Crippen molar-refractivity contribution in [1.82, 2.24) is 5.06 Å². The highest BCUT2D eigenvalue weighted by Crippen LogP contribution is 2.40. The number of hydroxylamine groups is 2. The molecule has 0 radical (unpaired) electrons. The van der Waals surface area contributed by atoms with Crippen molar-refractivity contribution in [1.29, 1.82) is 0 Å². The molecule has 0 aromatic heterocycles. The minimum atomic E-state index is -0.534. The Morgan fingerprint density at radius 1 is 1.17 bits per heavy atom. The van der Waals surface area contributed by atoms with Crippen molar-refractivity contribution in [2.75, 3.05) is 6.61 Å². The van der Waals surface area contributed by atoms with Gasteiger partial charge in [0.2, 0.25) is 0 Å². The predicted octanol–water partition coefficient (Wildman–Crippen LogP) is 3.67. The van der Waals surface area contributed by atoms with Gasteiger partial charge in [-0.25, -0.2) is 0 Å². The second-order valence-electron chi connectivity index (χ2n) is 6.22. The van der Waals surface area contributed by atoms with Crippen LogP contribution in [-0.4, -0.2) is 23.7 Å². The van der Waals surface area contributed by atoms with Crippen LogP contribution < -0.4 is 0 Å². The highest BCUT2D eigenvalue weighted by molar-refractivity contribution is 5.76. The third kappa shape index (κ3) is 3.50. The lowest BCUT2D eigenvalue weighted by atomic mass is 9.90. The summed E-state index contributed by atoms with van der Waals surface area (Å²) < 4.78 is 5.26. The zero-order valence-electron chi connectivity index (χ0n) is 14.1. The van der Waals surface area contributed by atoms with E-state index in [-0.39, 0.29) is 5.97 Å². The smallest absolute Gasteiger partial charge is 0.325 e. The fourth-order valence-corrected chi connectivity index (χ4v) is 3.14. The lowest BCUT2D eigenvalue weighted by Gasteiger charge is -2.25. The molecule has 0 amide bonds. The maximum absolute atomic E-state index is 12.4. The van der Waals surface area contributed by atoms with E-state index in [1.165, 1.54) is 0 Å². The van der Waals surface area contributed by atoms with E-state index in [1.807, 2.05) is 74.5 Å². The molecule has 4 heteroatoms. The van der Waals surface area contributed by atoms with Crippen molar-refractivity contribution >= 4 is 5.97 Å². The number of hydrogen-bond acceptors (Lipinski definition) is 4. The molecule has 3 rings (SSSR count). The summed E-state index contributed by atoms with van der Waals surface area (Å²) in [6.45, 7) is 4.77. The van der Waals surface area contributed by atoms with E-state index in [0.717, 1.165) is 11.1 Å². The molecule has 2 aromatic carbocycles. The molecule has 2 aromatic rings. The van der Waals surface area contributed by atoms with E-state index in [1.54, 1.807) is 5.06 Å². The molecule has 1 aliphatic heterocycles. The van der Waals surface area contributed by atoms with Gasteiger partial charge in [0, 0.05) is 6.42 Å². The largest absolute Gasteiger partial charge is 0.465 e. The maximum atomic E-state index is 12.4. The molecule has 0 bridgehead atoms. The van der Waals surface area contributed by atoms with E-state index < -0.39 is 11.6 Å². The normalized spacial score (nSPS) is 24.0. The summed E-state index contributed by atoms with van der Waals surface area (Å²) in [5.74, 6) is -0.229. The molecule has 1 saturated heterocycles. The van der Waals surface area contributed by atoms with Gasteiger partial charge in [0.15, 0.2) is 0 Å². The molecule has 126 valence electrons. The average Bonchev–Trinajstić information content (AvgIpc) is 2.95. The van der Waals surface area contributed by atoms with Crippen molar-refractivity contribution in [2.24, 2.45) is 0 Å². The number of carbonyl (C=O) groups excluding carboxylic acids is 1. The number of carbonyl (C=O) groups is 1. The summed E-state index contributed by atoms with van der Waals surface area (Å²) in [4.78, 5) is 18.7. The molecule has 0 spiro atoms. The van der Waals surface area contributed by atoms with Gasteiger partial charge >= 0.3 is 5.97 Å². The summed E-state index contributed by atoms with van der Waals surface area (Å²) >= 11 is 0. The molecular formula is C20H23NO3. The Labute approximate surface area is 143 Å². The minimum Gasteiger partial charge on any atom is -0.465 e. The van der Waals surface area contributed by atoms with E-state index in [4.69, 9.17) is 9.57 Å². The Balaban J connectivity index is 1.85. The van der Waals surface area contributed by atoms with Gasteiger partial charge in [0.1, 0.15) is 11.6 Å². The number of benzene rings is 2. The van der Waals surface area contributed by atoms with Gasteiger partial charge in [0.05, 0.1) is 13.2 Å². The van der Waals surface area contributed by atoms with Gasteiger partial charge in [-0.3, -0.25) is 9.63 Å². The van der Waals surface area contributed by atoms with Gasteiger partial charge in [-0.05, 0) is 25.0 Å². The third-order valence-electron chi connectivity index (χ3n) is 4.37. The fraction of sp³-hybridized carbons (Fsp3) is 0.350. The van der Waals surface area contributed by atoms with Crippen molar-refractivity contribution in [3.63, 3.8) is 0 Å². The molecule has 0 saturated carbocycles. The lowest BCUT2D eigenvalue weighted by molar-refractivity contribution is -0.214. The summed E-state index contributed by atoms with van der Waals surface area (Å²) in [6, 6.07) is 19.6. The van der Waals surface area contributed by atoms with Crippen LogP contribution in [0.4, 0.5) is 0 Å². The molecule has 24 heavy (non-hydrogen) atoms. The summed E-state index contributed by atoms with van der Waals surface area (Å²) in [5, 5.41) is 1.76. The molecule has 0 N–H and O–H groups in total. The number of esters is 1. The lowest BCUT2D eigenvalue weighted by Crippen LogP contribution is -2.36. The Hall–Kier alpha value is -2.17. The van der Waals surface area contributed by atoms with Crippen LogP contribution in [0.1, 0.15) is 31.4 Å². The van der Waals surface area contributed by atoms with Gasteiger partial charge in [-0.1, -0.05) is 60.7 Å². The summed E-state index contributed by atoms with van der Waals surface area (Å²) in [5.41, 5.74) is 1.63. The summed E-state index contributed by atoms with van der Waals surface area (Å²) in [6.07, 6.45) is 0.572. The van der Waals surface area contributed by atoms with Crippen molar-refractivity contribution < 1.29 is 14.4 Å². The van der Waals surface area contributed by atoms with Gasteiger partial charge < -0.3 is 4.74 Å². The monoisotopic (exact) mass is 325 g/mol. The van der Waals surface area contributed by atoms with Crippen LogP contribution in [0, 0.1) is 0 Å². The van der Waals surface area contributed by atoms with E-state index in [9.17, 15) is 4.79 Å². The number of nitrogens with zero attached hydrogens (tertiary/aromatic N) is 1. The standard InChI is InChI=1S/C20H23NO3/c1-3-23-19(22)18-14-20(2,17-12-8-5-9-13-17)24-21(18)15-16-10-6-4-7-11-16/h4-13,18H,3,14-15H2,1-2H3/t18-,20-/m1/s1. The first kappa shape index (κ1) is 16.7. The van der Waals surface area contributed by atoms with Crippen molar-refractivity contribution in [3.05, 3.63) is 71.8 Å². The van der Waals surface area contributed by atoms with E-state index >= 15 is 0 Å². The van der Waals surface area contributed by atoms with Crippen LogP contribution in [0.2, 0.25) is 0 Å². The van der Waals surface area contributed by atoms with Crippen molar-refractivity contribution in [2.45, 2.75) is 38.5 Å². The molecule has 4 nitrogen and oxygen atoms in total. The first-order chi connectivity index (χ1) is 11.6. The fourth-order valence-electron chi connectivity index (χ4n) is 3.14. The van der Waals surface area contributed by atoms with Crippen LogP contribution in [0.5, 0.6) is 0 Å². The zero-order valence-corrected chi connectivity index (χ0v) is 14.1. The SMILES string of the molecule is CCOC(=O)[C@H]1C[C@](C)(c2ccccc2)ON1Cc1ccccc1. The highest BCUT2D eigenvalue weighted by atomic mass is 16.7. The quantitative estimate of drug-likeness (QED) is 0.786. The Bertz CT molecular complexity index is 674. The number of hydrogen-bond donors (Lipinski definition) is 0. The maximum Gasteiger partial charge on any atom is 0.325 e. The Morgan fingerprint density at radius 3 is 2.42 bits per heavy atom. The number of ether oxygens (including phenoxy) is 1. The second-order valence-corrected chi connectivity index (χ2v) is 6.22. The Kier molecular flexibility index (Phi) is 4.97. The predicted molar refractivity (Wildman–Crippen MR) is 91.9 cm³/mol. The highest BCUT2D eigenvalue weighted by Gasteiger charge is 2.47. The second kappa shape index (κ2) is 7.16. The zero-order chi connectivity index (χ0) is 17.0. The van der Waals surface area contributed by atoms with Crippen LogP contribution in [0.25, 0.3) is 0 Å². The van der Waals surface area contributed by atoms with Crippen LogP contribution in [-0.2, 0) is 26.5 Å². The topological polar surface area (TPSA) is 38.8 Å². The van der Waals surface area contributed by atoms with Gasteiger partial charge in [-0.2, -0.15) is 5.06 Å². The molecule has 1 aliphatic rings. The van der Waals surface area contributed by atoms with Crippen molar-refractivity contribution in [3.8, 4) is 0 Å². The Morgan fingerprint density at radius 2 is 1.79 bits per heavy atom. The van der Waals surface area contributed by atoms with Crippen LogP contribution in [0.15, 0.2) is 60.7 Å². The molecule has 1 heterocycles. The van der Waals surface area contributed by atoms with Gasteiger partial charge in [-0.15, -0.1) is 0 Å². The van der Waals surface area contributed by atoms with E-state index in [0.29, 0.717) is 19.6 Å². The van der Waals surface area contributed by atoms with Gasteiger partial charge in [0.25, 0.3) is 0 Å². The van der Waals surface area contributed by atoms with Crippen LogP contribution >= 0.6 is 0 Å². The molecule has 1 fully saturated rings.